The molecule has 0 spiro atoms. The van der Waals surface area contributed by atoms with E-state index in [-0.39, 0.29) is 0 Å². The van der Waals surface area contributed by atoms with Crippen molar-refractivity contribution in [3.8, 4) is 72.4 Å². The topological polar surface area (TPSA) is 37.7 Å². The van der Waals surface area contributed by atoms with E-state index in [0.29, 0.717) is 0 Å². The molecule has 0 radical (unpaired) electrons. The number of aromatic nitrogens is 1. The molecule has 0 aliphatic rings. The van der Waals surface area contributed by atoms with Crippen LogP contribution < -0.4 is 9.80 Å². The minimum Gasteiger partial charge on any atom is -0.455 e. The van der Waals surface area contributed by atoms with E-state index < -0.39 is 0 Å². The van der Waals surface area contributed by atoms with E-state index >= 15 is 0 Å². The standard InChI is InChI=1S/C54H36N2O.C48H31NOS/c1-3-13-37(14-4-1)39-23-29-42(30-24-39)55(43-31-25-40(26-32-43)38-15-5-2-6-16-38)45-35-49(54-50(36-45)48-19-9-12-22-53(48)57-54)41-27-33-44(34-28-41)56-51-20-10-7-17-46(51)47-18-8-11-21-52(47)56;1-3-11-32(12-4-1)34-19-24-37(25-20-34)49(38-26-21-35(22-27-38)33-13-5-2-6-14-33)39-30-42(48-44(31-39)40-15-7-9-17-45(40)50-48)36-23-28-47-43(29-36)41-16-8-10-18-46(41)51-47/h1-36H;1-31H. The molecule has 21 rings (SSSR count). The van der Waals surface area contributed by atoms with Gasteiger partial charge in [0.05, 0.1) is 11.0 Å². The maximum absolute atomic E-state index is 6.71. The van der Waals surface area contributed by atoms with E-state index in [4.69, 9.17) is 8.83 Å². The molecule has 6 heteroatoms. The largest absolute Gasteiger partial charge is 0.455 e. The highest BCUT2D eigenvalue weighted by Gasteiger charge is 2.24. The summed E-state index contributed by atoms with van der Waals surface area (Å²) >= 11 is 1.84. The van der Waals surface area contributed by atoms with Crippen LogP contribution in [0.3, 0.4) is 0 Å². The third kappa shape index (κ3) is 11.6. The average Bonchev–Trinajstić information content (AvgIpc) is 1.55. The Morgan fingerprint density at radius 3 is 0.935 bits per heavy atom. The maximum atomic E-state index is 6.71. The number of hydrogen-bond donors (Lipinski definition) is 0. The van der Waals surface area contributed by atoms with Crippen molar-refractivity contribution in [2.24, 2.45) is 0 Å². The third-order valence-corrected chi connectivity index (χ3v) is 22.2. The van der Waals surface area contributed by atoms with Crippen LogP contribution in [0.25, 0.3) is 158 Å². The van der Waals surface area contributed by atoms with Gasteiger partial charge in [-0.1, -0.05) is 279 Å². The molecule has 508 valence electrons. The Bertz CT molecular complexity index is 6650. The summed E-state index contributed by atoms with van der Waals surface area (Å²) in [5.74, 6) is 0. The number of fused-ring (bicyclic) bond motifs is 12. The number of rotatable bonds is 13. The summed E-state index contributed by atoms with van der Waals surface area (Å²) in [6.07, 6.45) is 0. The molecule has 4 heterocycles. The van der Waals surface area contributed by atoms with E-state index in [1.54, 1.807) is 0 Å². The van der Waals surface area contributed by atoms with E-state index in [2.05, 4.69) is 409 Å². The molecule has 0 fully saturated rings. The minimum absolute atomic E-state index is 0.874. The first-order valence-electron chi connectivity index (χ1n) is 36.7. The van der Waals surface area contributed by atoms with Crippen LogP contribution in [-0.2, 0) is 0 Å². The summed E-state index contributed by atoms with van der Waals surface area (Å²) in [5, 5.41) is 9.44. The molecule has 108 heavy (non-hydrogen) atoms. The molecular formula is C102H67N3O2S. The molecule has 0 atom stereocenters. The SMILES string of the molecule is c1ccc(-c2ccc(N(c3ccc(-c4ccccc4)cc3)c3cc(-c4ccc(-n5c6ccccc6c6ccccc65)cc4)c4oc5ccccc5c4c3)cc2)cc1.c1ccc(-c2ccc(N(c3ccc(-c4ccccc4)cc3)c3cc(-c4ccc5sc6ccccc6c5c4)c4oc5ccccc5c4c3)cc2)cc1. The van der Waals surface area contributed by atoms with Gasteiger partial charge >= 0.3 is 0 Å². The first kappa shape index (κ1) is 63.6. The van der Waals surface area contributed by atoms with Crippen molar-refractivity contribution in [1.82, 2.24) is 4.57 Å². The summed E-state index contributed by atoms with van der Waals surface area (Å²) in [7, 11) is 0. The van der Waals surface area contributed by atoms with Gasteiger partial charge in [-0.05, 0) is 183 Å². The molecule has 0 unspecified atom stereocenters. The molecule has 21 aromatic rings. The normalized spacial score (nSPS) is 11.5. The van der Waals surface area contributed by atoms with Crippen LogP contribution in [0.2, 0.25) is 0 Å². The fourth-order valence-corrected chi connectivity index (χ4v) is 16.9. The summed E-state index contributed by atoms with van der Waals surface area (Å²) in [5.41, 5.74) is 27.3. The Labute approximate surface area is 629 Å². The lowest BCUT2D eigenvalue weighted by Crippen LogP contribution is -2.10. The van der Waals surface area contributed by atoms with Gasteiger partial charge in [-0.3, -0.25) is 0 Å². The summed E-state index contributed by atoms with van der Waals surface area (Å²) in [6, 6.07) is 145. The van der Waals surface area contributed by atoms with Gasteiger partial charge in [0, 0.05) is 103 Å². The van der Waals surface area contributed by atoms with Crippen LogP contribution in [0.1, 0.15) is 0 Å². The molecule has 0 bridgehead atoms. The average molecular weight is 1400 g/mol. The maximum Gasteiger partial charge on any atom is 0.143 e. The predicted octanol–water partition coefficient (Wildman–Crippen LogP) is 29.6. The van der Waals surface area contributed by atoms with Gasteiger partial charge in [0.15, 0.2) is 0 Å². The monoisotopic (exact) mass is 1400 g/mol. The number of para-hydroxylation sites is 4. The number of thiophene rings is 1. The molecule has 0 aliphatic heterocycles. The quantitative estimate of drug-likeness (QED) is 0.115. The second-order valence-corrected chi connectivity index (χ2v) is 28.6. The van der Waals surface area contributed by atoms with Gasteiger partial charge in [0.2, 0.25) is 0 Å². The highest BCUT2D eigenvalue weighted by atomic mass is 32.1. The lowest BCUT2D eigenvalue weighted by molar-refractivity contribution is 0.669. The lowest BCUT2D eigenvalue weighted by Gasteiger charge is -2.27. The molecule has 0 amide bonds. The zero-order valence-electron chi connectivity index (χ0n) is 58.7. The Morgan fingerprint density at radius 1 is 0.204 bits per heavy atom. The molecule has 0 aliphatic carbocycles. The highest BCUT2D eigenvalue weighted by Crippen LogP contribution is 2.48. The van der Waals surface area contributed by atoms with Crippen LogP contribution in [-0.4, -0.2) is 4.57 Å². The predicted molar refractivity (Wildman–Crippen MR) is 457 cm³/mol. The van der Waals surface area contributed by atoms with Crippen LogP contribution in [0, 0.1) is 0 Å². The summed E-state index contributed by atoms with van der Waals surface area (Å²) in [6.45, 7) is 0. The molecule has 0 N–H and O–H groups in total. The first-order valence-corrected chi connectivity index (χ1v) is 37.5. The number of nitrogens with zero attached hydrogens (tertiary/aromatic N) is 3. The van der Waals surface area contributed by atoms with Crippen molar-refractivity contribution in [1.29, 1.82) is 0 Å². The third-order valence-electron chi connectivity index (χ3n) is 21.1. The second kappa shape index (κ2) is 27.2. The van der Waals surface area contributed by atoms with Crippen molar-refractivity contribution >= 4 is 131 Å². The van der Waals surface area contributed by atoms with E-state index in [0.717, 1.165) is 106 Å². The zero-order chi connectivity index (χ0) is 71.4. The second-order valence-electron chi connectivity index (χ2n) is 27.5. The van der Waals surface area contributed by atoms with Crippen LogP contribution in [0.4, 0.5) is 34.1 Å². The Kier molecular flexibility index (Phi) is 16.0. The fraction of sp³-hybridized carbons (Fsp3) is 0. The van der Waals surface area contributed by atoms with Gasteiger partial charge in [0.1, 0.15) is 22.3 Å². The smallest absolute Gasteiger partial charge is 0.143 e. The van der Waals surface area contributed by atoms with Crippen LogP contribution in [0.15, 0.2) is 415 Å². The molecule has 5 nitrogen and oxygen atoms in total. The minimum atomic E-state index is 0.874. The Hall–Kier alpha value is -14.0. The summed E-state index contributed by atoms with van der Waals surface area (Å²) in [4.78, 5) is 4.73. The molecule has 4 aromatic heterocycles. The number of benzene rings is 17. The van der Waals surface area contributed by atoms with Gasteiger partial charge in [0.25, 0.3) is 0 Å². The number of furan rings is 2. The van der Waals surface area contributed by atoms with Crippen molar-refractivity contribution in [2.45, 2.75) is 0 Å². The van der Waals surface area contributed by atoms with E-state index in [1.165, 1.54) is 86.5 Å². The van der Waals surface area contributed by atoms with Gasteiger partial charge in [-0.15, -0.1) is 11.3 Å². The number of anilines is 6. The van der Waals surface area contributed by atoms with E-state index in [9.17, 15) is 0 Å². The highest BCUT2D eigenvalue weighted by molar-refractivity contribution is 7.25. The first-order chi connectivity index (χ1) is 53.5. The molecular weight excluding hydrogens is 1330 g/mol. The van der Waals surface area contributed by atoms with E-state index in [1.807, 2.05) is 23.5 Å². The van der Waals surface area contributed by atoms with Gasteiger partial charge < -0.3 is 23.2 Å². The van der Waals surface area contributed by atoms with Gasteiger partial charge in [-0.25, -0.2) is 0 Å². The Balaban J connectivity index is 0.000000143. The summed E-state index contributed by atoms with van der Waals surface area (Å²) < 4.78 is 18.3. The fourth-order valence-electron chi connectivity index (χ4n) is 15.8. The van der Waals surface area contributed by atoms with Crippen molar-refractivity contribution in [3.63, 3.8) is 0 Å². The Morgan fingerprint density at radius 2 is 0.519 bits per heavy atom. The van der Waals surface area contributed by atoms with Crippen molar-refractivity contribution < 1.29 is 8.83 Å². The van der Waals surface area contributed by atoms with Crippen LogP contribution in [0.5, 0.6) is 0 Å². The van der Waals surface area contributed by atoms with Gasteiger partial charge in [-0.2, -0.15) is 0 Å². The zero-order valence-corrected chi connectivity index (χ0v) is 59.6. The lowest BCUT2D eigenvalue weighted by atomic mass is 9.98. The number of hydrogen-bond acceptors (Lipinski definition) is 5. The molecule has 0 saturated carbocycles. The molecule has 0 saturated heterocycles. The van der Waals surface area contributed by atoms with Crippen molar-refractivity contribution in [2.75, 3.05) is 9.80 Å². The molecule has 17 aromatic carbocycles. The van der Waals surface area contributed by atoms with Crippen LogP contribution >= 0.6 is 11.3 Å². The van der Waals surface area contributed by atoms with Crippen molar-refractivity contribution in [3.05, 3.63) is 406 Å².